The maximum absolute atomic E-state index is 11.6. The number of anilines is 1. The number of nitrogens with one attached hydrogen (secondary N) is 2. The normalized spacial score (nSPS) is 9.81. The Morgan fingerprint density at radius 1 is 1.29 bits per heavy atom. The fourth-order valence-electron chi connectivity index (χ4n) is 1.44. The first-order valence-electron chi connectivity index (χ1n) is 6.30. The monoisotopic (exact) mass is 294 g/mol. The van der Waals surface area contributed by atoms with Gasteiger partial charge in [-0.05, 0) is 12.1 Å². The fourth-order valence-corrected chi connectivity index (χ4v) is 1.44. The molecule has 0 aliphatic carbocycles. The zero-order valence-electron chi connectivity index (χ0n) is 11.9. The predicted molar refractivity (Wildman–Crippen MR) is 75.9 cm³/mol. The SMILES string of the molecule is CN(C)C(=O)CCNC(=O)Nc1ccc(CC(=O)O)nc1. The van der Waals surface area contributed by atoms with Crippen LogP contribution in [-0.4, -0.2) is 53.5 Å². The quantitative estimate of drug-likeness (QED) is 0.699. The highest BCUT2D eigenvalue weighted by Gasteiger charge is 2.06. The van der Waals surface area contributed by atoms with Crippen LogP contribution in [0.1, 0.15) is 12.1 Å². The number of carboxylic acids is 1. The van der Waals surface area contributed by atoms with Crippen LogP contribution < -0.4 is 10.6 Å². The largest absolute Gasteiger partial charge is 0.481 e. The van der Waals surface area contributed by atoms with E-state index in [0.29, 0.717) is 11.4 Å². The summed E-state index contributed by atoms with van der Waals surface area (Å²) in [6.45, 7) is 0.230. The minimum Gasteiger partial charge on any atom is -0.481 e. The molecule has 0 aliphatic rings. The highest BCUT2D eigenvalue weighted by atomic mass is 16.4. The van der Waals surface area contributed by atoms with Gasteiger partial charge in [0.15, 0.2) is 0 Å². The molecule has 0 spiro atoms. The average Bonchev–Trinajstić information content (AvgIpc) is 2.40. The van der Waals surface area contributed by atoms with Gasteiger partial charge in [-0.1, -0.05) is 0 Å². The molecule has 3 N–H and O–H groups in total. The summed E-state index contributed by atoms with van der Waals surface area (Å²) in [5, 5.41) is 13.7. The van der Waals surface area contributed by atoms with Crippen molar-refractivity contribution in [2.45, 2.75) is 12.8 Å². The molecule has 8 heteroatoms. The van der Waals surface area contributed by atoms with E-state index in [1.807, 2.05) is 0 Å². The van der Waals surface area contributed by atoms with Gasteiger partial charge in [0.05, 0.1) is 24.0 Å². The van der Waals surface area contributed by atoms with Crippen LogP contribution in [0.3, 0.4) is 0 Å². The summed E-state index contributed by atoms with van der Waals surface area (Å²) in [6.07, 6.45) is 1.43. The number of nitrogens with zero attached hydrogens (tertiary/aromatic N) is 2. The Balaban J connectivity index is 2.37. The van der Waals surface area contributed by atoms with Gasteiger partial charge in [-0.3, -0.25) is 14.6 Å². The Kier molecular flexibility index (Phi) is 6.12. The molecule has 3 amide bonds. The summed E-state index contributed by atoms with van der Waals surface area (Å²) < 4.78 is 0. The van der Waals surface area contributed by atoms with Crippen LogP contribution in [0.25, 0.3) is 0 Å². The molecule has 0 radical (unpaired) electrons. The second kappa shape index (κ2) is 7.83. The molecule has 1 heterocycles. The lowest BCUT2D eigenvalue weighted by Crippen LogP contribution is -2.33. The first kappa shape index (κ1) is 16.4. The summed E-state index contributed by atoms with van der Waals surface area (Å²) in [6, 6.07) is 2.64. The number of carbonyl (C=O) groups is 3. The number of amides is 3. The number of hydrogen-bond acceptors (Lipinski definition) is 4. The first-order valence-corrected chi connectivity index (χ1v) is 6.30. The highest BCUT2D eigenvalue weighted by Crippen LogP contribution is 2.06. The molecule has 21 heavy (non-hydrogen) atoms. The average molecular weight is 294 g/mol. The molecule has 0 atom stereocenters. The molecule has 1 aromatic rings. The van der Waals surface area contributed by atoms with Crippen molar-refractivity contribution in [1.29, 1.82) is 0 Å². The number of rotatable bonds is 6. The van der Waals surface area contributed by atoms with Crippen molar-refractivity contribution >= 4 is 23.6 Å². The van der Waals surface area contributed by atoms with Crippen LogP contribution in [0.4, 0.5) is 10.5 Å². The number of carboxylic acid groups (broad SMARTS) is 1. The van der Waals surface area contributed by atoms with E-state index in [0.717, 1.165) is 0 Å². The third-order valence-corrected chi connectivity index (χ3v) is 2.54. The molecule has 0 bridgehead atoms. The van der Waals surface area contributed by atoms with E-state index < -0.39 is 12.0 Å². The second-order valence-corrected chi connectivity index (χ2v) is 4.53. The minimum atomic E-state index is -0.966. The molecule has 0 saturated heterocycles. The number of carbonyl (C=O) groups excluding carboxylic acids is 2. The van der Waals surface area contributed by atoms with E-state index in [1.165, 1.54) is 17.2 Å². The van der Waals surface area contributed by atoms with Crippen molar-refractivity contribution < 1.29 is 19.5 Å². The number of hydrogen-bond donors (Lipinski definition) is 3. The van der Waals surface area contributed by atoms with Crippen LogP contribution in [-0.2, 0) is 16.0 Å². The lowest BCUT2D eigenvalue weighted by Gasteiger charge is -2.11. The number of pyridine rings is 1. The second-order valence-electron chi connectivity index (χ2n) is 4.53. The molecular formula is C13H18N4O4. The maximum Gasteiger partial charge on any atom is 0.319 e. The van der Waals surface area contributed by atoms with Gasteiger partial charge in [0.2, 0.25) is 5.91 Å². The van der Waals surface area contributed by atoms with Crippen molar-refractivity contribution in [3.05, 3.63) is 24.0 Å². The van der Waals surface area contributed by atoms with Crippen molar-refractivity contribution in [2.75, 3.05) is 26.0 Å². The van der Waals surface area contributed by atoms with Crippen LogP contribution in [0.2, 0.25) is 0 Å². The van der Waals surface area contributed by atoms with Gasteiger partial charge < -0.3 is 20.6 Å². The Hall–Kier alpha value is -2.64. The summed E-state index contributed by atoms with van der Waals surface area (Å²) in [5.41, 5.74) is 0.852. The Bertz CT molecular complexity index is 513. The van der Waals surface area contributed by atoms with Gasteiger partial charge in [0, 0.05) is 27.1 Å². The summed E-state index contributed by atoms with van der Waals surface area (Å²) in [4.78, 5) is 38.7. The van der Waals surface area contributed by atoms with Gasteiger partial charge in [-0.2, -0.15) is 0 Å². The van der Waals surface area contributed by atoms with E-state index in [4.69, 9.17) is 5.11 Å². The first-order chi connectivity index (χ1) is 9.88. The zero-order chi connectivity index (χ0) is 15.8. The summed E-state index contributed by atoms with van der Waals surface area (Å²) in [7, 11) is 3.29. The molecule has 1 aromatic heterocycles. The molecular weight excluding hydrogens is 276 g/mol. The lowest BCUT2D eigenvalue weighted by molar-refractivity contribution is -0.136. The molecule has 0 fully saturated rings. The maximum atomic E-state index is 11.6. The van der Waals surface area contributed by atoms with Crippen molar-refractivity contribution in [3.63, 3.8) is 0 Å². The zero-order valence-corrected chi connectivity index (χ0v) is 11.9. The molecule has 0 unspecified atom stereocenters. The van der Waals surface area contributed by atoms with Gasteiger partial charge >= 0.3 is 12.0 Å². The third-order valence-electron chi connectivity index (χ3n) is 2.54. The molecule has 0 aromatic carbocycles. The molecule has 8 nitrogen and oxygen atoms in total. The van der Waals surface area contributed by atoms with E-state index in [9.17, 15) is 14.4 Å². The van der Waals surface area contributed by atoms with Gasteiger partial charge in [-0.25, -0.2) is 4.79 Å². The van der Waals surface area contributed by atoms with E-state index >= 15 is 0 Å². The van der Waals surface area contributed by atoms with Gasteiger partial charge in [0.1, 0.15) is 0 Å². The molecule has 114 valence electrons. The van der Waals surface area contributed by atoms with Crippen LogP contribution >= 0.6 is 0 Å². The van der Waals surface area contributed by atoms with Crippen LogP contribution in [0, 0.1) is 0 Å². The Labute approximate surface area is 122 Å². The topological polar surface area (TPSA) is 112 Å². The lowest BCUT2D eigenvalue weighted by atomic mass is 10.2. The number of aliphatic carboxylic acids is 1. The summed E-state index contributed by atoms with van der Waals surface area (Å²) in [5.74, 6) is -1.04. The van der Waals surface area contributed by atoms with Crippen molar-refractivity contribution in [3.8, 4) is 0 Å². The van der Waals surface area contributed by atoms with Crippen molar-refractivity contribution in [2.24, 2.45) is 0 Å². The summed E-state index contributed by atoms with van der Waals surface area (Å²) >= 11 is 0. The molecule has 0 aliphatic heterocycles. The minimum absolute atomic E-state index is 0.0741. The van der Waals surface area contributed by atoms with E-state index in [1.54, 1.807) is 20.2 Å². The number of urea groups is 1. The number of aromatic nitrogens is 1. The van der Waals surface area contributed by atoms with E-state index in [2.05, 4.69) is 15.6 Å². The van der Waals surface area contributed by atoms with Gasteiger partial charge in [0.25, 0.3) is 0 Å². The molecule has 0 saturated carbocycles. The fraction of sp³-hybridized carbons (Fsp3) is 0.385. The standard InChI is InChI=1S/C13H18N4O4/c1-17(2)11(18)5-6-14-13(21)16-10-4-3-9(15-8-10)7-12(19)20/h3-4,8H,5-7H2,1-2H3,(H,19,20)(H2,14,16,21). The van der Waals surface area contributed by atoms with Crippen LogP contribution in [0.5, 0.6) is 0 Å². The van der Waals surface area contributed by atoms with Crippen molar-refractivity contribution in [1.82, 2.24) is 15.2 Å². The van der Waals surface area contributed by atoms with Crippen LogP contribution in [0.15, 0.2) is 18.3 Å². The third kappa shape index (κ3) is 6.37. The van der Waals surface area contributed by atoms with E-state index in [-0.39, 0.29) is 25.3 Å². The Morgan fingerprint density at radius 3 is 2.52 bits per heavy atom. The Morgan fingerprint density at radius 2 is 2.00 bits per heavy atom. The molecule has 1 rings (SSSR count). The smallest absolute Gasteiger partial charge is 0.319 e. The highest BCUT2D eigenvalue weighted by molar-refractivity contribution is 5.89. The predicted octanol–water partition coefficient (Wildman–Crippen LogP) is 0.309. The van der Waals surface area contributed by atoms with Gasteiger partial charge in [-0.15, -0.1) is 0 Å².